The summed E-state index contributed by atoms with van der Waals surface area (Å²) in [6, 6.07) is 0. The summed E-state index contributed by atoms with van der Waals surface area (Å²) in [4.78, 5) is 23.0. The van der Waals surface area contributed by atoms with E-state index in [2.05, 4.69) is 22.6 Å². The van der Waals surface area contributed by atoms with Crippen LogP contribution in [-0.4, -0.2) is 53.5 Å². The number of rotatable bonds is 7. The summed E-state index contributed by atoms with van der Waals surface area (Å²) >= 11 is 0. The first kappa shape index (κ1) is 20.7. The fraction of sp³-hybridized carbons (Fsp3) is 0.529. The van der Waals surface area contributed by atoms with Gasteiger partial charge in [0.1, 0.15) is 18.7 Å². The number of nitrogen functional groups attached to an aromatic ring is 1. The molecule has 0 spiro atoms. The smallest absolute Gasteiger partial charge is 0.253 e. The summed E-state index contributed by atoms with van der Waals surface area (Å²) in [5.74, 6) is 10.2. The van der Waals surface area contributed by atoms with Crippen molar-refractivity contribution in [3.63, 3.8) is 0 Å². The number of amides is 2. The number of primary amides is 1. The molecule has 3 unspecified atom stereocenters. The van der Waals surface area contributed by atoms with Gasteiger partial charge in [0, 0.05) is 19.2 Å². The van der Waals surface area contributed by atoms with E-state index in [0.717, 1.165) is 0 Å². The van der Waals surface area contributed by atoms with E-state index in [9.17, 15) is 9.59 Å². The molecular weight excluding hydrogens is 354 g/mol. The number of hydrogen-bond acceptors (Lipinski definition) is 7. The van der Waals surface area contributed by atoms with Gasteiger partial charge in [-0.25, -0.2) is 5.84 Å². The molecule has 2 amide bonds. The number of hydrazine groups is 1. The standard InChI is InChI=1S/C17H25N5O5/c1-3-26-12-7-14(27-10(12)2)22-8-11(5-4-6-20-13(24)9-23)15(16(18)25)17(22)21-19/h8,10,12,14,21,23H,3,6-7,9,19H2,1-2H3,(H2,18,25)(H,20,24). The maximum absolute atomic E-state index is 11.9. The summed E-state index contributed by atoms with van der Waals surface area (Å²) in [6.45, 7) is 3.79. The second-order valence-electron chi connectivity index (χ2n) is 5.94. The third-order valence-electron chi connectivity index (χ3n) is 4.18. The number of anilines is 1. The molecule has 148 valence electrons. The maximum Gasteiger partial charge on any atom is 0.253 e. The van der Waals surface area contributed by atoms with Crippen molar-refractivity contribution >= 4 is 17.6 Å². The van der Waals surface area contributed by atoms with Crippen LogP contribution in [0.15, 0.2) is 6.20 Å². The monoisotopic (exact) mass is 379 g/mol. The van der Waals surface area contributed by atoms with Gasteiger partial charge in [0.15, 0.2) is 0 Å². The lowest BCUT2D eigenvalue weighted by Crippen LogP contribution is -2.26. The van der Waals surface area contributed by atoms with E-state index in [1.54, 1.807) is 10.8 Å². The Morgan fingerprint density at radius 3 is 2.85 bits per heavy atom. The zero-order valence-electron chi connectivity index (χ0n) is 15.3. The lowest BCUT2D eigenvalue weighted by molar-refractivity contribution is -0.123. The second kappa shape index (κ2) is 9.38. The van der Waals surface area contributed by atoms with Crippen molar-refractivity contribution in [2.75, 3.05) is 25.2 Å². The van der Waals surface area contributed by atoms with E-state index in [0.29, 0.717) is 24.4 Å². The molecule has 1 aromatic rings. The molecule has 10 nitrogen and oxygen atoms in total. The Morgan fingerprint density at radius 1 is 1.52 bits per heavy atom. The highest BCUT2D eigenvalue weighted by Gasteiger charge is 2.36. The van der Waals surface area contributed by atoms with Crippen LogP contribution < -0.4 is 22.3 Å². The largest absolute Gasteiger partial charge is 0.387 e. The number of nitrogens with one attached hydrogen (secondary N) is 2. The number of aliphatic hydroxyl groups is 1. The molecular formula is C17H25N5O5. The third-order valence-corrected chi connectivity index (χ3v) is 4.18. The summed E-state index contributed by atoms with van der Waals surface area (Å²) in [5.41, 5.74) is 8.47. The van der Waals surface area contributed by atoms with Crippen molar-refractivity contribution in [2.45, 2.75) is 38.7 Å². The average Bonchev–Trinajstić information content (AvgIpc) is 3.19. The SMILES string of the molecule is CCOC1CC(n2cc(C#CCNC(=O)CO)c(C(N)=O)c2NN)OC1C. The first-order valence-corrected chi connectivity index (χ1v) is 8.57. The number of carbonyl (C=O) groups excluding carboxylic acids is 2. The molecule has 1 aromatic heterocycles. The maximum atomic E-state index is 11.9. The Labute approximate surface area is 157 Å². The quantitative estimate of drug-likeness (QED) is 0.232. The van der Waals surface area contributed by atoms with Gasteiger partial charge in [-0.2, -0.15) is 0 Å². The van der Waals surface area contributed by atoms with Gasteiger partial charge >= 0.3 is 0 Å². The summed E-state index contributed by atoms with van der Waals surface area (Å²) in [7, 11) is 0. The highest BCUT2D eigenvalue weighted by molar-refractivity contribution is 6.00. The molecule has 1 saturated heterocycles. The zero-order chi connectivity index (χ0) is 20.0. The zero-order valence-corrected chi connectivity index (χ0v) is 15.3. The first-order chi connectivity index (χ1) is 12.9. The second-order valence-corrected chi connectivity index (χ2v) is 5.94. The number of aromatic nitrogens is 1. The van der Waals surface area contributed by atoms with Gasteiger partial charge in [0.2, 0.25) is 5.91 Å². The normalized spacial score (nSPS) is 21.4. The van der Waals surface area contributed by atoms with E-state index in [1.165, 1.54) is 0 Å². The van der Waals surface area contributed by atoms with Crippen LogP contribution in [0.25, 0.3) is 0 Å². The molecule has 1 fully saturated rings. The predicted molar refractivity (Wildman–Crippen MR) is 97.3 cm³/mol. The molecule has 0 bridgehead atoms. The van der Waals surface area contributed by atoms with Crippen LogP contribution in [0, 0.1) is 11.8 Å². The molecule has 0 aliphatic carbocycles. The van der Waals surface area contributed by atoms with Gasteiger partial charge < -0.3 is 35.6 Å². The minimum Gasteiger partial charge on any atom is -0.387 e. The van der Waals surface area contributed by atoms with Gasteiger partial charge in [-0.05, 0) is 13.8 Å². The van der Waals surface area contributed by atoms with Crippen LogP contribution in [0.1, 0.15) is 42.4 Å². The number of ether oxygens (including phenoxy) is 2. The minimum absolute atomic E-state index is 0.0114. The average molecular weight is 379 g/mol. The topological polar surface area (TPSA) is 154 Å². The van der Waals surface area contributed by atoms with E-state index in [4.69, 9.17) is 26.2 Å². The van der Waals surface area contributed by atoms with Crippen molar-refractivity contribution in [3.05, 3.63) is 17.3 Å². The van der Waals surface area contributed by atoms with Crippen molar-refractivity contribution < 1.29 is 24.2 Å². The van der Waals surface area contributed by atoms with Gasteiger partial charge in [-0.15, -0.1) is 0 Å². The highest BCUT2D eigenvalue weighted by atomic mass is 16.6. The number of carbonyl (C=O) groups is 2. The van der Waals surface area contributed by atoms with Crippen LogP contribution in [0.2, 0.25) is 0 Å². The van der Waals surface area contributed by atoms with Crippen molar-refractivity contribution in [3.8, 4) is 11.8 Å². The van der Waals surface area contributed by atoms with Crippen LogP contribution in [0.4, 0.5) is 5.82 Å². The lowest BCUT2D eigenvalue weighted by Gasteiger charge is -2.16. The van der Waals surface area contributed by atoms with Gasteiger partial charge in [-0.1, -0.05) is 11.8 Å². The molecule has 27 heavy (non-hydrogen) atoms. The van der Waals surface area contributed by atoms with Gasteiger partial charge in [0.25, 0.3) is 5.91 Å². The van der Waals surface area contributed by atoms with Crippen molar-refractivity contribution in [1.82, 2.24) is 9.88 Å². The number of aliphatic hydroxyl groups excluding tert-OH is 1. The van der Waals surface area contributed by atoms with E-state index in [1.807, 2.05) is 13.8 Å². The Bertz CT molecular complexity index is 751. The molecule has 1 aliphatic rings. The van der Waals surface area contributed by atoms with Crippen molar-refractivity contribution in [1.29, 1.82) is 0 Å². The summed E-state index contributed by atoms with van der Waals surface area (Å²) in [6.07, 6.45) is 1.61. The predicted octanol–water partition coefficient (Wildman–Crippen LogP) is -0.955. The van der Waals surface area contributed by atoms with Crippen LogP contribution in [0.5, 0.6) is 0 Å². The van der Waals surface area contributed by atoms with Crippen LogP contribution >= 0.6 is 0 Å². The number of nitrogens with zero attached hydrogens (tertiary/aromatic N) is 1. The fourth-order valence-corrected chi connectivity index (χ4v) is 2.96. The lowest BCUT2D eigenvalue weighted by atomic mass is 10.2. The van der Waals surface area contributed by atoms with E-state index < -0.39 is 24.6 Å². The molecule has 3 atom stereocenters. The Hall–Kier alpha value is -2.58. The summed E-state index contributed by atoms with van der Waals surface area (Å²) < 4.78 is 13.3. The van der Waals surface area contributed by atoms with E-state index in [-0.39, 0.29) is 24.3 Å². The molecule has 0 saturated carbocycles. The third kappa shape index (κ3) is 4.78. The van der Waals surface area contributed by atoms with Gasteiger partial charge in [0.05, 0.1) is 29.9 Å². The first-order valence-electron chi connectivity index (χ1n) is 8.57. The number of hydrogen-bond donors (Lipinski definition) is 5. The van der Waals surface area contributed by atoms with Crippen molar-refractivity contribution in [2.24, 2.45) is 11.6 Å². The van der Waals surface area contributed by atoms with Crippen LogP contribution in [0.3, 0.4) is 0 Å². The Balaban J connectivity index is 2.30. The fourth-order valence-electron chi connectivity index (χ4n) is 2.96. The van der Waals surface area contributed by atoms with Gasteiger partial charge in [-0.3, -0.25) is 9.59 Å². The molecule has 7 N–H and O–H groups in total. The molecule has 2 heterocycles. The molecule has 2 rings (SSSR count). The highest BCUT2D eigenvalue weighted by Crippen LogP contribution is 2.35. The number of nitrogens with two attached hydrogens (primary N) is 2. The van der Waals surface area contributed by atoms with E-state index >= 15 is 0 Å². The minimum atomic E-state index is -0.696. The van der Waals surface area contributed by atoms with Crippen LogP contribution in [-0.2, 0) is 14.3 Å². The Morgan fingerprint density at radius 2 is 2.26 bits per heavy atom. The molecule has 1 aliphatic heterocycles. The molecule has 0 radical (unpaired) electrons. The Kier molecular flexibility index (Phi) is 7.20. The molecule has 10 heteroatoms. The summed E-state index contributed by atoms with van der Waals surface area (Å²) in [5, 5.41) is 11.1. The molecule has 0 aromatic carbocycles.